The van der Waals surface area contributed by atoms with Gasteiger partial charge in [-0.2, -0.15) is 0 Å². The normalized spacial score (nSPS) is 24.9. The van der Waals surface area contributed by atoms with Gasteiger partial charge < -0.3 is 5.32 Å². The maximum absolute atomic E-state index is 13.4. The third-order valence-corrected chi connectivity index (χ3v) is 9.12. The van der Waals surface area contributed by atoms with Gasteiger partial charge in [0.1, 0.15) is 0 Å². The van der Waals surface area contributed by atoms with Crippen molar-refractivity contribution >= 4 is 32.2 Å². The molecule has 7 heteroatoms. The van der Waals surface area contributed by atoms with Gasteiger partial charge in [-0.25, -0.2) is 13.4 Å². The van der Waals surface area contributed by atoms with E-state index in [0.29, 0.717) is 28.3 Å². The van der Waals surface area contributed by atoms with Crippen LogP contribution in [0, 0.1) is 11.8 Å². The highest BCUT2D eigenvalue weighted by Crippen LogP contribution is 2.61. The van der Waals surface area contributed by atoms with Gasteiger partial charge in [-0.05, 0) is 42.4 Å². The van der Waals surface area contributed by atoms with E-state index in [1.807, 2.05) is 24.4 Å². The Morgan fingerprint density at radius 2 is 1.93 bits per heavy atom. The van der Waals surface area contributed by atoms with E-state index < -0.39 is 15.3 Å². The van der Waals surface area contributed by atoms with Gasteiger partial charge in [-0.3, -0.25) is 4.79 Å². The third kappa shape index (κ3) is 3.99. The van der Waals surface area contributed by atoms with Crippen molar-refractivity contribution in [2.75, 3.05) is 11.1 Å². The minimum atomic E-state index is -3.26. The smallest absolute Gasteiger partial charge is 0.237 e. The van der Waals surface area contributed by atoms with E-state index in [0.717, 1.165) is 12.0 Å². The molecule has 29 heavy (non-hydrogen) atoms. The molecule has 2 fully saturated rings. The molecular weight excluding hydrogens is 404 g/mol. The predicted octanol–water partition coefficient (Wildman–Crippen LogP) is 4.80. The van der Waals surface area contributed by atoms with Crippen molar-refractivity contribution in [3.63, 3.8) is 0 Å². The zero-order valence-corrected chi connectivity index (χ0v) is 18.4. The summed E-state index contributed by atoms with van der Waals surface area (Å²) < 4.78 is 24.8. The molecule has 0 saturated heterocycles. The third-order valence-electron chi connectivity index (χ3n) is 6.49. The lowest BCUT2D eigenvalue weighted by Gasteiger charge is -2.25. The van der Waals surface area contributed by atoms with Crippen LogP contribution in [0.25, 0.3) is 0 Å². The van der Waals surface area contributed by atoms with Gasteiger partial charge in [-0.15, -0.1) is 11.3 Å². The SMILES string of the molecule is CCCS(=O)(=O)c1ccc(C2(C(=O)Nc3nccs3)CC2C2CCCCC2)cc1. The Labute approximate surface area is 176 Å². The number of nitrogens with one attached hydrogen (secondary N) is 1. The summed E-state index contributed by atoms with van der Waals surface area (Å²) >= 11 is 1.42. The van der Waals surface area contributed by atoms with Crippen molar-refractivity contribution in [1.29, 1.82) is 0 Å². The van der Waals surface area contributed by atoms with Crippen molar-refractivity contribution in [3.05, 3.63) is 41.4 Å². The largest absolute Gasteiger partial charge is 0.301 e. The molecule has 1 heterocycles. The van der Waals surface area contributed by atoms with Crippen LogP contribution in [-0.4, -0.2) is 25.1 Å². The number of carbonyl (C=O) groups is 1. The Morgan fingerprint density at radius 1 is 1.21 bits per heavy atom. The summed E-state index contributed by atoms with van der Waals surface area (Å²) in [5.41, 5.74) is 0.360. The van der Waals surface area contributed by atoms with Crippen LogP contribution in [0.2, 0.25) is 0 Å². The number of amides is 1. The Bertz CT molecular complexity index is 948. The molecular formula is C22H28N2O3S2. The number of aromatic nitrogens is 1. The van der Waals surface area contributed by atoms with E-state index in [4.69, 9.17) is 0 Å². The maximum atomic E-state index is 13.4. The van der Waals surface area contributed by atoms with Crippen LogP contribution < -0.4 is 5.32 Å². The molecule has 2 aliphatic rings. The molecule has 0 radical (unpaired) electrons. The quantitative estimate of drug-likeness (QED) is 0.682. The number of nitrogens with zero attached hydrogens (tertiary/aromatic N) is 1. The van der Waals surface area contributed by atoms with Crippen LogP contribution in [0.5, 0.6) is 0 Å². The second-order valence-corrected chi connectivity index (χ2v) is 11.3. The van der Waals surface area contributed by atoms with E-state index in [1.165, 1.54) is 43.4 Å². The van der Waals surface area contributed by atoms with E-state index in [1.54, 1.807) is 18.3 Å². The van der Waals surface area contributed by atoms with Crippen LogP contribution in [0.4, 0.5) is 5.13 Å². The molecule has 1 aromatic carbocycles. The van der Waals surface area contributed by atoms with Crippen molar-refractivity contribution in [2.24, 2.45) is 11.8 Å². The van der Waals surface area contributed by atoms with E-state index in [-0.39, 0.29) is 11.7 Å². The second kappa shape index (κ2) is 8.19. The average molecular weight is 433 g/mol. The monoisotopic (exact) mass is 432 g/mol. The lowest BCUT2D eigenvalue weighted by atomic mass is 9.80. The van der Waals surface area contributed by atoms with Gasteiger partial charge >= 0.3 is 0 Å². The van der Waals surface area contributed by atoms with Crippen molar-refractivity contribution in [3.8, 4) is 0 Å². The van der Waals surface area contributed by atoms with E-state index >= 15 is 0 Å². The molecule has 0 bridgehead atoms. The summed E-state index contributed by atoms with van der Waals surface area (Å²) in [6.45, 7) is 1.86. The first-order chi connectivity index (χ1) is 14.0. The first-order valence-electron chi connectivity index (χ1n) is 10.5. The lowest BCUT2D eigenvalue weighted by molar-refractivity contribution is -0.119. The molecule has 2 saturated carbocycles. The zero-order chi connectivity index (χ0) is 20.5. The molecule has 4 rings (SSSR count). The van der Waals surface area contributed by atoms with Gasteiger partial charge in [-0.1, -0.05) is 51.2 Å². The molecule has 1 amide bonds. The number of thiazole rings is 1. The number of sulfone groups is 1. The molecule has 2 aliphatic carbocycles. The number of carbonyl (C=O) groups excluding carboxylic acids is 1. The first kappa shape index (κ1) is 20.5. The highest BCUT2D eigenvalue weighted by Gasteiger charge is 2.63. The van der Waals surface area contributed by atoms with Crippen LogP contribution in [0.1, 0.15) is 57.4 Å². The fourth-order valence-electron chi connectivity index (χ4n) is 4.96. The molecule has 1 N–H and O–H groups in total. The Balaban J connectivity index is 1.63. The summed E-state index contributed by atoms with van der Waals surface area (Å²) in [7, 11) is -3.26. The molecule has 0 spiro atoms. The molecule has 156 valence electrons. The molecule has 0 aliphatic heterocycles. The van der Waals surface area contributed by atoms with Gasteiger partial charge in [0.2, 0.25) is 5.91 Å². The maximum Gasteiger partial charge on any atom is 0.237 e. The summed E-state index contributed by atoms with van der Waals surface area (Å²) in [5.74, 6) is 1.02. The molecule has 5 nitrogen and oxygen atoms in total. The minimum Gasteiger partial charge on any atom is -0.301 e. The molecule has 2 aromatic rings. The summed E-state index contributed by atoms with van der Waals surface area (Å²) in [6, 6.07) is 7.06. The summed E-state index contributed by atoms with van der Waals surface area (Å²) in [6.07, 6.45) is 9.22. The van der Waals surface area contributed by atoms with Crippen molar-refractivity contribution < 1.29 is 13.2 Å². The molecule has 2 unspecified atom stereocenters. The van der Waals surface area contributed by atoms with Crippen molar-refractivity contribution in [1.82, 2.24) is 4.98 Å². The lowest BCUT2D eigenvalue weighted by Crippen LogP contribution is -2.32. The Kier molecular flexibility index (Phi) is 5.80. The highest BCUT2D eigenvalue weighted by molar-refractivity contribution is 7.91. The number of hydrogen-bond donors (Lipinski definition) is 1. The fraction of sp³-hybridized carbons (Fsp3) is 0.545. The second-order valence-electron chi connectivity index (χ2n) is 8.31. The molecule has 1 aromatic heterocycles. The minimum absolute atomic E-state index is 0.00723. The van der Waals surface area contributed by atoms with Crippen LogP contribution >= 0.6 is 11.3 Å². The number of benzene rings is 1. The summed E-state index contributed by atoms with van der Waals surface area (Å²) in [5, 5.41) is 5.47. The first-order valence-corrected chi connectivity index (χ1v) is 13.0. The predicted molar refractivity (Wildman–Crippen MR) is 116 cm³/mol. The van der Waals surface area contributed by atoms with Gasteiger partial charge in [0, 0.05) is 11.6 Å². The fourth-order valence-corrected chi connectivity index (χ4v) is 6.81. The molecule has 2 atom stereocenters. The highest BCUT2D eigenvalue weighted by atomic mass is 32.2. The topological polar surface area (TPSA) is 76.1 Å². The van der Waals surface area contributed by atoms with Crippen LogP contribution in [0.15, 0.2) is 40.7 Å². The number of rotatable bonds is 7. The van der Waals surface area contributed by atoms with Gasteiger partial charge in [0.25, 0.3) is 0 Å². The van der Waals surface area contributed by atoms with Crippen LogP contribution in [0.3, 0.4) is 0 Å². The number of anilines is 1. The van der Waals surface area contributed by atoms with Crippen LogP contribution in [-0.2, 0) is 20.0 Å². The van der Waals surface area contributed by atoms with E-state index in [2.05, 4.69) is 10.3 Å². The zero-order valence-electron chi connectivity index (χ0n) is 16.8. The van der Waals surface area contributed by atoms with E-state index in [9.17, 15) is 13.2 Å². The summed E-state index contributed by atoms with van der Waals surface area (Å²) in [4.78, 5) is 17.9. The van der Waals surface area contributed by atoms with Gasteiger partial charge in [0.15, 0.2) is 15.0 Å². The Hall–Kier alpha value is -1.73. The standard InChI is InChI=1S/C22H28N2O3S2/c1-2-14-29(26,27)18-10-8-17(9-11-18)22(20(25)24-21-23-12-13-28-21)15-19(22)16-6-4-3-5-7-16/h8-13,16,19H,2-7,14-15H2,1H3,(H,23,24,25). The number of hydrogen-bond acceptors (Lipinski definition) is 5. The average Bonchev–Trinajstić information content (AvgIpc) is 3.30. The Morgan fingerprint density at radius 3 is 2.55 bits per heavy atom. The van der Waals surface area contributed by atoms with Gasteiger partial charge in [0.05, 0.1) is 16.1 Å². The van der Waals surface area contributed by atoms with Crippen molar-refractivity contribution in [2.45, 2.75) is 62.2 Å².